The van der Waals surface area contributed by atoms with E-state index in [1.165, 1.54) is 12.1 Å². The zero-order valence-corrected chi connectivity index (χ0v) is 23.5. The van der Waals surface area contributed by atoms with Crippen LogP contribution < -0.4 is 9.80 Å². The Morgan fingerprint density at radius 3 is 2.67 bits per heavy atom. The predicted octanol–water partition coefficient (Wildman–Crippen LogP) is 1.85. The number of fused-ring (bicyclic) bond motifs is 1. The number of rotatable bonds is 7. The van der Waals surface area contributed by atoms with Gasteiger partial charge in [-0.15, -0.1) is 0 Å². The Hall–Kier alpha value is -4.67. The number of nitrogens with zero attached hydrogens (tertiary/aromatic N) is 10. The van der Waals surface area contributed by atoms with Crippen LogP contribution in [0.1, 0.15) is 18.2 Å². The second-order valence-electron chi connectivity index (χ2n) is 10.5. The quantitative estimate of drug-likeness (QED) is 0.351. The molecule has 13 heteroatoms. The van der Waals surface area contributed by atoms with Gasteiger partial charge < -0.3 is 14.9 Å². The molecule has 0 spiro atoms. The highest BCUT2D eigenvalue weighted by molar-refractivity contribution is 5.79. The fraction of sp³-hybridized carbons (Fsp3) is 0.379. The SMILES string of the molecule is CCc1nc2cnc(N3CCN(CC(=O)N4CC(O)C4)CC3)cn2c1N(C)c1nccc(-c2ccc(F)cc2C#N)n1. The van der Waals surface area contributed by atoms with Gasteiger partial charge >= 0.3 is 0 Å². The summed E-state index contributed by atoms with van der Waals surface area (Å²) in [5, 5.41) is 19.0. The maximum absolute atomic E-state index is 13.7. The average molecular weight is 571 g/mol. The highest BCUT2D eigenvalue weighted by Gasteiger charge is 2.30. The van der Waals surface area contributed by atoms with Crippen molar-refractivity contribution in [3.8, 4) is 17.3 Å². The number of aliphatic hydroxyl groups excluding tert-OH is 1. The number of likely N-dealkylation sites (tertiary alicyclic amines) is 1. The van der Waals surface area contributed by atoms with Crippen molar-refractivity contribution in [1.82, 2.24) is 34.1 Å². The third kappa shape index (κ3) is 5.22. The molecule has 0 bridgehead atoms. The van der Waals surface area contributed by atoms with Crippen LogP contribution in [0.4, 0.5) is 22.0 Å². The number of amides is 1. The van der Waals surface area contributed by atoms with E-state index in [9.17, 15) is 19.6 Å². The number of halogens is 1. The lowest BCUT2D eigenvalue weighted by Gasteiger charge is -2.39. The molecule has 2 fully saturated rings. The zero-order valence-electron chi connectivity index (χ0n) is 23.5. The molecule has 6 rings (SSSR count). The summed E-state index contributed by atoms with van der Waals surface area (Å²) < 4.78 is 15.7. The van der Waals surface area contributed by atoms with Gasteiger partial charge in [0, 0.05) is 58.1 Å². The fourth-order valence-electron chi connectivity index (χ4n) is 5.41. The molecule has 0 radical (unpaired) electrons. The van der Waals surface area contributed by atoms with Crippen molar-refractivity contribution < 1.29 is 14.3 Å². The van der Waals surface area contributed by atoms with Gasteiger partial charge in [0.05, 0.1) is 48.1 Å². The maximum atomic E-state index is 13.7. The molecule has 3 aromatic heterocycles. The van der Waals surface area contributed by atoms with Gasteiger partial charge in [0.15, 0.2) is 5.65 Å². The number of hydrogen-bond acceptors (Lipinski definition) is 10. The molecule has 12 nitrogen and oxygen atoms in total. The number of imidazole rings is 1. The summed E-state index contributed by atoms with van der Waals surface area (Å²) in [5.74, 6) is 1.58. The normalized spacial score (nSPS) is 16.0. The summed E-state index contributed by atoms with van der Waals surface area (Å²) in [6.45, 7) is 6.14. The molecule has 0 atom stereocenters. The van der Waals surface area contributed by atoms with Crippen molar-refractivity contribution in [3.05, 3.63) is 59.9 Å². The average Bonchev–Trinajstić information content (AvgIpc) is 3.37. The summed E-state index contributed by atoms with van der Waals surface area (Å²) in [6.07, 6.45) is 5.62. The van der Waals surface area contributed by atoms with E-state index in [1.807, 2.05) is 35.5 Å². The molecule has 216 valence electrons. The van der Waals surface area contributed by atoms with Gasteiger partial charge in [0.1, 0.15) is 17.5 Å². The molecule has 1 aromatic carbocycles. The van der Waals surface area contributed by atoms with E-state index >= 15 is 0 Å². The van der Waals surface area contributed by atoms with Crippen molar-refractivity contribution in [2.24, 2.45) is 0 Å². The third-order valence-corrected chi connectivity index (χ3v) is 7.78. The Morgan fingerprint density at radius 1 is 1.17 bits per heavy atom. The zero-order chi connectivity index (χ0) is 29.4. The lowest BCUT2D eigenvalue weighted by Crippen LogP contribution is -2.57. The molecular weight excluding hydrogens is 539 g/mol. The first-order valence-electron chi connectivity index (χ1n) is 13.9. The molecule has 0 saturated carbocycles. The molecule has 1 amide bonds. The summed E-state index contributed by atoms with van der Waals surface area (Å²) in [5.41, 5.74) is 2.79. The molecule has 4 aromatic rings. The molecule has 1 N–H and O–H groups in total. The molecule has 5 heterocycles. The lowest BCUT2D eigenvalue weighted by molar-refractivity contribution is -0.142. The Bertz CT molecular complexity index is 1670. The van der Waals surface area contributed by atoms with Crippen molar-refractivity contribution in [1.29, 1.82) is 5.26 Å². The van der Waals surface area contributed by atoms with Gasteiger partial charge in [-0.05, 0) is 30.7 Å². The van der Waals surface area contributed by atoms with Gasteiger partial charge in [-0.2, -0.15) is 5.26 Å². The Kier molecular flexibility index (Phi) is 7.40. The van der Waals surface area contributed by atoms with Crippen molar-refractivity contribution in [3.63, 3.8) is 0 Å². The number of piperazine rings is 1. The van der Waals surface area contributed by atoms with Crippen LogP contribution in [0.3, 0.4) is 0 Å². The maximum Gasteiger partial charge on any atom is 0.236 e. The smallest absolute Gasteiger partial charge is 0.236 e. The highest BCUT2D eigenvalue weighted by atomic mass is 19.1. The number of benzene rings is 1. The topological polar surface area (TPSA) is 130 Å². The minimum atomic E-state index is -0.480. The molecule has 2 aliphatic heterocycles. The number of anilines is 3. The largest absolute Gasteiger partial charge is 0.389 e. The fourth-order valence-corrected chi connectivity index (χ4v) is 5.41. The number of nitriles is 1. The van der Waals surface area contributed by atoms with Crippen molar-refractivity contribution >= 4 is 29.1 Å². The molecule has 42 heavy (non-hydrogen) atoms. The van der Waals surface area contributed by atoms with E-state index in [0.717, 1.165) is 43.5 Å². The van der Waals surface area contributed by atoms with Crippen LogP contribution in [-0.4, -0.2) is 104 Å². The summed E-state index contributed by atoms with van der Waals surface area (Å²) in [6, 6.07) is 7.80. The first-order chi connectivity index (χ1) is 20.3. The molecule has 0 unspecified atom stereocenters. The van der Waals surface area contributed by atoms with Crippen molar-refractivity contribution in [2.45, 2.75) is 19.4 Å². The summed E-state index contributed by atoms with van der Waals surface area (Å²) in [7, 11) is 1.87. The van der Waals surface area contributed by atoms with E-state index in [1.54, 1.807) is 29.4 Å². The number of carbonyl (C=O) groups is 1. The minimum absolute atomic E-state index is 0.0565. The van der Waals surface area contributed by atoms with Gasteiger partial charge in [-0.3, -0.25) is 19.0 Å². The van der Waals surface area contributed by atoms with Crippen molar-refractivity contribution in [2.75, 3.05) is 62.7 Å². The van der Waals surface area contributed by atoms with Crippen LogP contribution in [-0.2, 0) is 11.2 Å². The van der Waals surface area contributed by atoms with Crippen LogP contribution >= 0.6 is 0 Å². The minimum Gasteiger partial charge on any atom is -0.389 e. The van der Waals surface area contributed by atoms with Crippen LogP contribution in [0.25, 0.3) is 16.9 Å². The number of aromatic nitrogens is 5. The Morgan fingerprint density at radius 2 is 1.95 bits per heavy atom. The van der Waals surface area contributed by atoms with Crippen LogP contribution in [0.15, 0.2) is 42.9 Å². The number of carbonyl (C=O) groups excluding carboxylic acids is 1. The molecule has 0 aliphatic carbocycles. The summed E-state index contributed by atoms with van der Waals surface area (Å²) in [4.78, 5) is 39.0. The second-order valence-corrected chi connectivity index (χ2v) is 10.5. The summed E-state index contributed by atoms with van der Waals surface area (Å²) >= 11 is 0. The van der Waals surface area contributed by atoms with Gasteiger partial charge in [-0.1, -0.05) is 6.92 Å². The molecule has 2 aliphatic rings. The van der Waals surface area contributed by atoms with E-state index in [0.29, 0.717) is 48.9 Å². The van der Waals surface area contributed by atoms with Crippen LogP contribution in [0.2, 0.25) is 0 Å². The van der Waals surface area contributed by atoms with E-state index in [4.69, 9.17) is 9.97 Å². The Balaban J connectivity index is 1.24. The first kappa shape index (κ1) is 27.5. The monoisotopic (exact) mass is 570 g/mol. The van der Waals surface area contributed by atoms with Gasteiger partial charge in [0.25, 0.3) is 0 Å². The number of aryl methyl sites for hydroxylation is 1. The van der Waals surface area contributed by atoms with E-state index < -0.39 is 11.9 Å². The lowest BCUT2D eigenvalue weighted by atomic mass is 10.1. The predicted molar refractivity (Wildman–Crippen MR) is 154 cm³/mol. The number of β-amino-alcohol motifs (C(OH)–C–C–N with tert-alkyl or cyclic N) is 1. The highest BCUT2D eigenvalue weighted by Crippen LogP contribution is 2.30. The number of hydrogen-bond donors (Lipinski definition) is 1. The van der Waals surface area contributed by atoms with E-state index in [2.05, 4.69) is 19.8 Å². The van der Waals surface area contributed by atoms with Crippen LogP contribution in [0.5, 0.6) is 0 Å². The van der Waals surface area contributed by atoms with Gasteiger partial charge in [0.2, 0.25) is 11.9 Å². The first-order valence-corrected chi connectivity index (χ1v) is 13.9. The van der Waals surface area contributed by atoms with Gasteiger partial charge in [-0.25, -0.2) is 24.3 Å². The van der Waals surface area contributed by atoms with E-state index in [-0.39, 0.29) is 11.5 Å². The standard InChI is InChI=1S/C29H31FN10O2/c1-3-23-28(36(2)29-32-7-6-24(35-29)22-5-4-20(30)12-19(22)13-31)40-17-26(33-14-25(40)34-23)38-10-8-37(9-11-38)18-27(42)39-15-21(41)16-39/h4-7,12,14,17,21,41H,3,8-11,15-16,18H2,1-2H3. The third-order valence-electron chi connectivity index (χ3n) is 7.78. The number of aliphatic hydroxyl groups is 1. The van der Waals surface area contributed by atoms with Crippen LogP contribution in [0, 0.1) is 17.1 Å². The Labute approximate surface area is 242 Å². The molecule has 2 saturated heterocycles. The molecular formula is C29H31FN10O2. The second kappa shape index (κ2) is 11.3.